The summed E-state index contributed by atoms with van der Waals surface area (Å²) < 4.78 is 0. The Hall–Kier alpha value is -1.32. The normalized spacial score (nSPS) is 23.9. The van der Waals surface area contributed by atoms with Gasteiger partial charge in [0.2, 0.25) is 0 Å². The zero-order valence-electron chi connectivity index (χ0n) is 11.5. The SMILES string of the molecule is CCC1CCC(NC(=O)c2c(C)n[nH]c2C)CC1. The first-order chi connectivity index (χ1) is 8.61. The predicted octanol–water partition coefficient (Wildman–Crippen LogP) is 2.73. The second-order valence-electron chi connectivity index (χ2n) is 5.41. The molecule has 1 amide bonds. The van der Waals surface area contributed by atoms with Gasteiger partial charge < -0.3 is 5.32 Å². The van der Waals surface area contributed by atoms with Gasteiger partial charge in [0.25, 0.3) is 5.91 Å². The molecule has 2 rings (SSSR count). The summed E-state index contributed by atoms with van der Waals surface area (Å²) in [6, 6.07) is 0.342. The van der Waals surface area contributed by atoms with Crippen LogP contribution in [0.5, 0.6) is 0 Å². The summed E-state index contributed by atoms with van der Waals surface area (Å²) in [6.07, 6.45) is 5.97. The van der Waals surface area contributed by atoms with Crippen molar-refractivity contribution in [3.05, 3.63) is 17.0 Å². The third-order valence-electron chi connectivity index (χ3n) is 4.11. The van der Waals surface area contributed by atoms with Crippen LogP contribution in [0.1, 0.15) is 60.8 Å². The van der Waals surface area contributed by atoms with E-state index in [-0.39, 0.29) is 5.91 Å². The molecule has 1 saturated carbocycles. The molecule has 1 aromatic rings. The number of nitrogens with one attached hydrogen (secondary N) is 2. The third kappa shape index (κ3) is 2.74. The molecule has 1 heterocycles. The van der Waals surface area contributed by atoms with Crippen molar-refractivity contribution in [1.82, 2.24) is 15.5 Å². The Kier molecular flexibility index (Phi) is 4.04. The van der Waals surface area contributed by atoms with Gasteiger partial charge in [0.1, 0.15) is 0 Å². The molecule has 0 atom stereocenters. The minimum Gasteiger partial charge on any atom is -0.349 e. The fourth-order valence-corrected chi connectivity index (χ4v) is 2.86. The van der Waals surface area contributed by atoms with Gasteiger partial charge in [-0.25, -0.2) is 0 Å². The smallest absolute Gasteiger partial charge is 0.255 e. The fraction of sp³-hybridized carbons (Fsp3) is 0.714. The van der Waals surface area contributed by atoms with Gasteiger partial charge in [-0.1, -0.05) is 13.3 Å². The van der Waals surface area contributed by atoms with E-state index in [1.54, 1.807) is 0 Å². The molecule has 0 radical (unpaired) electrons. The molecule has 1 aromatic heterocycles. The number of rotatable bonds is 3. The fourth-order valence-electron chi connectivity index (χ4n) is 2.86. The average molecular weight is 249 g/mol. The largest absolute Gasteiger partial charge is 0.349 e. The van der Waals surface area contributed by atoms with E-state index in [4.69, 9.17) is 0 Å². The number of carbonyl (C=O) groups excluding carboxylic acids is 1. The lowest BCUT2D eigenvalue weighted by Gasteiger charge is -2.28. The zero-order chi connectivity index (χ0) is 13.1. The van der Waals surface area contributed by atoms with Gasteiger partial charge in [0.05, 0.1) is 11.3 Å². The Morgan fingerprint density at radius 3 is 2.50 bits per heavy atom. The van der Waals surface area contributed by atoms with Crippen LogP contribution in [0.15, 0.2) is 0 Å². The first-order valence-electron chi connectivity index (χ1n) is 6.94. The molecule has 2 N–H and O–H groups in total. The predicted molar refractivity (Wildman–Crippen MR) is 71.6 cm³/mol. The van der Waals surface area contributed by atoms with Crippen molar-refractivity contribution in [2.75, 3.05) is 0 Å². The second kappa shape index (κ2) is 5.55. The number of nitrogens with zero attached hydrogens (tertiary/aromatic N) is 1. The van der Waals surface area contributed by atoms with E-state index in [1.165, 1.54) is 19.3 Å². The first-order valence-corrected chi connectivity index (χ1v) is 6.94. The molecule has 0 bridgehead atoms. The summed E-state index contributed by atoms with van der Waals surface area (Å²) in [5.74, 6) is 0.884. The number of aryl methyl sites for hydroxylation is 2. The van der Waals surface area contributed by atoms with E-state index in [9.17, 15) is 4.79 Å². The van der Waals surface area contributed by atoms with Crippen LogP contribution in [0.4, 0.5) is 0 Å². The van der Waals surface area contributed by atoms with Gasteiger partial charge in [0, 0.05) is 11.7 Å². The average Bonchev–Trinajstić information content (AvgIpc) is 2.70. The Balaban J connectivity index is 1.93. The summed E-state index contributed by atoms with van der Waals surface area (Å²) in [7, 11) is 0. The monoisotopic (exact) mass is 249 g/mol. The van der Waals surface area contributed by atoms with Gasteiger partial charge in [0.15, 0.2) is 0 Å². The standard InChI is InChI=1S/C14H23N3O/c1-4-11-5-7-12(8-6-11)15-14(18)13-9(2)16-17-10(13)3/h11-12H,4-8H2,1-3H3,(H,15,18)(H,16,17). The molecule has 4 nitrogen and oxygen atoms in total. The van der Waals surface area contributed by atoms with Crippen molar-refractivity contribution in [1.29, 1.82) is 0 Å². The summed E-state index contributed by atoms with van der Waals surface area (Å²) >= 11 is 0. The van der Waals surface area contributed by atoms with Crippen LogP contribution in [0.3, 0.4) is 0 Å². The molecule has 18 heavy (non-hydrogen) atoms. The lowest BCUT2D eigenvalue weighted by Crippen LogP contribution is -2.38. The quantitative estimate of drug-likeness (QED) is 0.865. The van der Waals surface area contributed by atoms with Crippen molar-refractivity contribution in [3.63, 3.8) is 0 Å². The Labute approximate surface area is 109 Å². The van der Waals surface area contributed by atoms with Crippen molar-refractivity contribution < 1.29 is 4.79 Å². The van der Waals surface area contributed by atoms with Gasteiger partial charge in [-0.3, -0.25) is 9.89 Å². The lowest BCUT2D eigenvalue weighted by atomic mass is 9.84. The van der Waals surface area contributed by atoms with E-state index in [0.29, 0.717) is 11.6 Å². The summed E-state index contributed by atoms with van der Waals surface area (Å²) in [5, 5.41) is 10.1. The molecule has 100 valence electrons. The van der Waals surface area contributed by atoms with Crippen LogP contribution in [0.2, 0.25) is 0 Å². The maximum Gasteiger partial charge on any atom is 0.255 e. The van der Waals surface area contributed by atoms with Crippen molar-refractivity contribution >= 4 is 5.91 Å². The van der Waals surface area contributed by atoms with Gasteiger partial charge >= 0.3 is 0 Å². The zero-order valence-corrected chi connectivity index (χ0v) is 11.5. The number of aromatic amines is 1. The van der Waals surface area contributed by atoms with Crippen molar-refractivity contribution in [2.45, 2.75) is 58.9 Å². The van der Waals surface area contributed by atoms with Crippen molar-refractivity contribution in [3.8, 4) is 0 Å². The van der Waals surface area contributed by atoms with Crippen molar-refractivity contribution in [2.24, 2.45) is 5.92 Å². The summed E-state index contributed by atoms with van der Waals surface area (Å²) in [5.41, 5.74) is 2.35. The van der Waals surface area contributed by atoms with E-state index >= 15 is 0 Å². The third-order valence-corrected chi connectivity index (χ3v) is 4.11. The molecule has 4 heteroatoms. The highest BCUT2D eigenvalue weighted by molar-refractivity contribution is 5.96. The van der Waals surface area contributed by atoms with E-state index in [1.807, 2.05) is 13.8 Å². The number of amides is 1. The lowest BCUT2D eigenvalue weighted by molar-refractivity contribution is 0.0920. The van der Waals surface area contributed by atoms with Crippen LogP contribution in [0, 0.1) is 19.8 Å². The molecule has 0 spiro atoms. The molecular weight excluding hydrogens is 226 g/mol. The van der Waals surface area contributed by atoms with E-state index < -0.39 is 0 Å². The van der Waals surface area contributed by atoms with Gasteiger partial charge in [-0.15, -0.1) is 0 Å². The molecule has 0 saturated heterocycles. The minimum atomic E-state index is 0.0266. The van der Waals surface area contributed by atoms with Gasteiger partial charge in [-0.2, -0.15) is 5.10 Å². The maximum absolute atomic E-state index is 12.2. The second-order valence-corrected chi connectivity index (χ2v) is 5.41. The van der Waals surface area contributed by atoms with Crippen LogP contribution in [0.25, 0.3) is 0 Å². The molecule has 1 aliphatic carbocycles. The highest BCUT2D eigenvalue weighted by Crippen LogP contribution is 2.26. The van der Waals surface area contributed by atoms with E-state index in [0.717, 1.165) is 30.1 Å². The number of hydrogen-bond acceptors (Lipinski definition) is 2. The number of hydrogen-bond donors (Lipinski definition) is 2. The first kappa shape index (κ1) is 13.1. The Bertz CT molecular complexity index is 397. The molecule has 1 fully saturated rings. The topological polar surface area (TPSA) is 57.8 Å². The minimum absolute atomic E-state index is 0.0266. The molecular formula is C14H23N3O. The molecule has 1 aliphatic rings. The number of H-pyrrole nitrogens is 1. The summed E-state index contributed by atoms with van der Waals surface area (Å²) in [4.78, 5) is 12.2. The van der Waals surface area contributed by atoms with Gasteiger partial charge in [-0.05, 0) is 45.4 Å². The molecule has 0 aliphatic heterocycles. The number of aromatic nitrogens is 2. The van der Waals surface area contributed by atoms with Crippen LogP contribution >= 0.6 is 0 Å². The Morgan fingerprint density at radius 1 is 1.33 bits per heavy atom. The molecule has 0 unspecified atom stereocenters. The van der Waals surface area contributed by atoms with Crippen LogP contribution in [-0.4, -0.2) is 22.1 Å². The van der Waals surface area contributed by atoms with Crippen LogP contribution < -0.4 is 5.32 Å². The number of carbonyl (C=O) groups is 1. The highest BCUT2D eigenvalue weighted by atomic mass is 16.1. The molecule has 0 aromatic carbocycles. The van der Waals surface area contributed by atoms with E-state index in [2.05, 4.69) is 22.4 Å². The summed E-state index contributed by atoms with van der Waals surface area (Å²) in [6.45, 7) is 6.01. The Morgan fingerprint density at radius 2 is 2.00 bits per heavy atom. The van der Waals surface area contributed by atoms with Crippen LogP contribution in [-0.2, 0) is 0 Å². The highest BCUT2D eigenvalue weighted by Gasteiger charge is 2.23. The maximum atomic E-state index is 12.2.